The SMILES string of the molecule is CC(C)COc1cccc(NC(=O)CCC2CCNC2)c1. The third-order valence-corrected chi connectivity index (χ3v) is 3.64. The van der Waals surface area contributed by atoms with Crippen molar-refractivity contribution in [1.29, 1.82) is 0 Å². The lowest BCUT2D eigenvalue weighted by Gasteiger charge is -2.11. The van der Waals surface area contributed by atoms with Gasteiger partial charge in [-0.3, -0.25) is 4.79 Å². The van der Waals surface area contributed by atoms with Crippen molar-refractivity contribution in [1.82, 2.24) is 5.32 Å². The van der Waals surface area contributed by atoms with Crippen molar-refractivity contribution in [3.05, 3.63) is 24.3 Å². The molecule has 1 aromatic rings. The first kappa shape index (κ1) is 15.8. The fourth-order valence-corrected chi connectivity index (χ4v) is 2.45. The molecule has 0 radical (unpaired) electrons. The summed E-state index contributed by atoms with van der Waals surface area (Å²) in [5.74, 6) is 2.03. The van der Waals surface area contributed by atoms with E-state index in [-0.39, 0.29) is 5.91 Å². The van der Waals surface area contributed by atoms with Crippen LogP contribution >= 0.6 is 0 Å². The van der Waals surface area contributed by atoms with E-state index in [0.29, 0.717) is 24.9 Å². The molecule has 1 aliphatic heterocycles. The van der Waals surface area contributed by atoms with Crippen molar-refractivity contribution in [3.63, 3.8) is 0 Å². The van der Waals surface area contributed by atoms with Crippen LogP contribution in [0.25, 0.3) is 0 Å². The van der Waals surface area contributed by atoms with Crippen LogP contribution in [0, 0.1) is 11.8 Å². The molecule has 1 aliphatic rings. The van der Waals surface area contributed by atoms with E-state index in [4.69, 9.17) is 4.74 Å². The number of carbonyl (C=O) groups is 1. The Labute approximate surface area is 127 Å². The predicted octanol–water partition coefficient (Wildman–Crippen LogP) is 3.05. The minimum atomic E-state index is 0.0860. The van der Waals surface area contributed by atoms with Crippen LogP contribution in [-0.4, -0.2) is 25.6 Å². The predicted molar refractivity (Wildman–Crippen MR) is 85.6 cm³/mol. The fraction of sp³-hybridized carbons (Fsp3) is 0.588. The molecule has 1 unspecified atom stereocenters. The molecule has 2 N–H and O–H groups in total. The maximum atomic E-state index is 12.0. The van der Waals surface area contributed by atoms with E-state index in [1.54, 1.807) is 0 Å². The third-order valence-electron chi connectivity index (χ3n) is 3.64. The molecule has 116 valence electrons. The number of hydrogen-bond donors (Lipinski definition) is 2. The molecular formula is C17H26N2O2. The number of amides is 1. The van der Waals surface area contributed by atoms with Crippen LogP contribution in [0.2, 0.25) is 0 Å². The zero-order valence-corrected chi connectivity index (χ0v) is 13.0. The molecule has 0 saturated carbocycles. The summed E-state index contributed by atoms with van der Waals surface area (Å²) in [4.78, 5) is 12.0. The summed E-state index contributed by atoms with van der Waals surface area (Å²) >= 11 is 0. The number of rotatable bonds is 7. The lowest BCUT2D eigenvalue weighted by atomic mass is 10.0. The molecule has 0 aromatic heterocycles. The van der Waals surface area contributed by atoms with E-state index >= 15 is 0 Å². The van der Waals surface area contributed by atoms with Gasteiger partial charge in [0.25, 0.3) is 0 Å². The molecule has 4 heteroatoms. The van der Waals surface area contributed by atoms with Gasteiger partial charge in [0.1, 0.15) is 5.75 Å². The first-order chi connectivity index (χ1) is 10.1. The van der Waals surface area contributed by atoms with Gasteiger partial charge in [0.2, 0.25) is 5.91 Å². The Bertz CT molecular complexity index is 454. The number of anilines is 1. The van der Waals surface area contributed by atoms with E-state index in [0.717, 1.165) is 30.9 Å². The maximum Gasteiger partial charge on any atom is 0.224 e. The Balaban J connectivity index is 1.78. The van der Waals surface area contributed by atoms with Crippen LogP contribution in [0.3, 0.4) is 0 Å². The van der Waals surface area contributed by atoms with Crippen LogP contribution in [0.4, 0.5) is 5.69 Å². The van der Waals surface area contributed by atoms with Gasteiger partial charge in [0, 0.05) is 18.2 Å². The number of carbonyl (C=O) groups excluding carboxylic acids is 1. The van der Waals surface area contributed by atoms with Gasteiger partial charge < -0.3 is 15.4 Å². The summed E-state index contributed by atoms with van der Waals surface area (Å²) in [6.45, 7) is 7.05. The van der Waals surface area contributed by atoms with Gasteiger partial charge in [0.15, 0.2) is 0 Å². The molecule has 1 fully saturated rings. The molecule has 1 saturated heterocycles. The average molecular weight is 290 g/mol. The molecule has 0 aliphatic carbocycles. The molecule has 2 rings (SSSR count). The highest BCUT2D eigenvalue weighted by Gasteiger charge is 2.15. The van der Waals surface area contributed by atoms with Crippen molar-refractivity contribution < 1.29 is 9.53 Å². The Kier molecular flexibility index (Phi) is 6.05. The van der Waals surface area contributed by atoms with Crippen molar-refractivity contribution in [3.8, 4) is 5.75 Å². The Morgan fingerprint density at radius 1 is 1.48 bits per heavy atom. The molecule has 21 heavy (non-hydrogen) atoms. The van der Waals surface area contributed by atoms with Crippen molar-refractivity contribution in [2.24, 2.45) is 11.8 Å². The molecule has 0 bridgehead atoms. The van der Waals surface area contributed by atoms with Gasteiger partial charge in [-0.1, -0.05) is 19.9 Å². The van der Waals surface area contributed by atoms with Crippen LogP contribution < -0.4 is 15.4 Å². The molecule has 4 nitrogen and oxygen atoms in total. The first-order valence-electron chi connectivity index (χ1n) is 7.87. The van der Waals surface area contributed by atoms with Crippen molar-refractivity contribution in [2.75, 3.05) is 25.0 Å². The Morgan fingerprint density at radius 2 is 2.33 bits per heavy atom. The summed E-state index contributed by atoms with van der Waals surface area (Å²) in [6, 6.07) is 7.61. The number of ether oxygens (including phenoxy) is 1. The zero-order chi connectivity index (χ0) is 15.1. The van der Waals surface area contributed by atoms with E-state index in [1.807, 2.05) is 24.3 Å². The summed E-state index contributed by atoms with van der Waals surface area (Å²) in [5.41, 5.74) is 0.811. The van der Waals surface area contributed by atoms with Crippen molar-refractivity contribution in [2.45, 2.75) is 33.1 Å². The summed E-state index contributed by atoms with van der Waals surface area (Å²) in [7, 11) is 0. The van der Waals surface area contributed by atoms with E-state index < -0.39 is 0 Å². The minimum Gasteiger partial charge on any atom is -0.493 e. The molecular weight excluding hydrogens is 264 g/mol. The normalized spacial score (nSPS) is 18.0. The molecule has 1 amide bonds. The van der Waals surface area contributed by atoms with E-state index in [1.165, 1.54) is 6.42 Å². The third kappa shape index (κ3) is 5.76. The van der Waals surface area contributed by atoms with Crippen molar-refractivity contribution >= 4 is 11.6 Å². The van der Waals surface area contributed by atoms with Crippen LogP contribution in [-0.2, 0) is 4.79 Å². The van der Waals surface area contributed by atoms with Gasteiger partial charge in [-0.25, -0.2) is 0 Å². The lowest BCUT2D eigenvalue weighted by molar-refractivity contribution is -0.116. The van der Waals surface area contributed by atoms with Gasteiger partial charge in [-0.15, -0.1) is 0 Å². The summed E-state index contributed by atoms with van der Waals surface area (Å²) in [6.07, 6.45) is 2.73. The summed E-state index contributed by atoms with van der Waals surface area (Å²) < 4.78 is 5.67. The van der Waals surface area contributed by atoms with E-state index in [9.17, 15) is 4.79 Å². The monoisotopic (exact) mass is 290 g/mol. The smallest absolute Gasteiger partial charge is 0.224 e. The van der Waals surface area contributed by atoms with Crippen LogP contribution in [0.5, 0.6) is 5.75 Å². The number of benzene rings is 1. The quantitative estimate of drug-likeness (QED) is 0.811. The fourth-order valence-electron chi connectivity index (χ4n) is 2.45. The minimum absolute atomic E-state index is 0.0860. The average Bonchev–Trinajstić information content (AvgIpc) is 2.97. The molecule has 0 spiro atoms. The largest absolute Gasteiger partial charge is 0.493 e. The van der Waals surface area contributed by atoms with Gasteiger partial charge >= 0.3 is 0 Å². The van der Waals surface area contributed by atoms with Gasteiger partial charge in [-0.2, -0.15) is 0 Å². The highest BCUT2D eigenvalue weighted by Crippen LogP contribution is 2.19. The number of hydrogen-bond acceptors (Lipinski definition) is 3. The van der Waals surface area contributed by atoms with E-state index in [2.05, 4.69) is 24.5 Å². The summed E-state index contributed by atoms with van der Waals surface area (Å²) in [5, 5.41) is 6.28. The van der Waals surface area contributed by atoms with Gasteiger partial charge in [0.05, 0.1) is 6.61 Å². The van der Waals surface area contributed by atoms with Gasteiger partial charge in [-0.05, 0) is 49.9 Å². The topological polar surface area (TPSA) is 50.4 Å². The van der Waals surface area contributed by atoms with Crippen LogP contribution in [0.15, 0.2) is 24.3 Å². The highest BCUT2D eigenvalue weighted by molar-refractivity contribution is 5.90. The van der Waals surface area contributed by atoms with Crippen LogP contribution in [0.1, 0.15) is 33.1 Å². The standard InChI is InChI=1S/C17H26N2O2/c1-13(2)12-21-16-5-3-4-15(10-16)19-17(20)7-6-14-8-9-18-11-14/h3-5,10,13-14,18H,6-9,11-12H2,1-2H3,(H,19,20). The maximum absolute atomic E-state index is 12.0. The first-order valence-corrected chi connectivity index (χ1v) is 7.87. The molecule has 1 atom stereocenters. The second-order valence-corrected chi connectivity index (χ2v) is 6.18. The Morgan fingerprint density at radius 3 is 3.05 bits per heavy atom. The number of nitrogens with one attached hydrogen (secondary N) is 2. The molecule has 1 aromatic carbocycles. The highest BCUT2D eigenvalue weighted by atomic mass is 16.5. The second-order valence-electron chi connectivity index (χ2n) is 6.18. The molecule has 1 heterocycles. The Hall–Kier alpha value is -1.55. The lowest BCUT2D eigenvalue weighted by Crippen LogP contribution is -2.15. The second kappa shape index (κ2) is 8.03. The zero-order valence-electron chi connectivity index (χ0n) is 13.0.